The maximum absolute atomic E-state index is 6.15. The number of hydrogen-bond acceptors (Lipinski definition) is 2. The molecular formula is C17H23NO. The Labute approximate surface area is 115 Å². The third-order valence-corrected chi connectivity index (χ3v) is 4.33. The minimum atomic E-state index is 0.256. The van der Waals surface area contributed by atoms with Crippen molar-refractivity contribution in [3.05, 3.63) is 41.5 Å². The van der Waals surface area contributed by atoms with Gasteiger partial charge >= 0.3 is 0 Å². The van der Waals surface area contributed by atoms with Gasteiger partial charge in [0.25, 0.3) is 0 Å². The molecule has 0 fully saturated rings. The summed E-state index contributed by atoms with van der Waals surface area (Å²) in [7, 11) is 2.06. The average Bonchev–Trinajstić information content (AvgIpc) is 2.67. The summed E-state index contributed by atoms with van der Waals surface area (Å²) in [6.45, 7) is 0. The van der Waals surface area contributed by atoms with Crippen molar-refractivity contribution in [1.82, 2.24) is 5.32 Å². The third-order valence-electron chi connectivity index (χ3n) is 4.33. The number of ether oxygens (including phenoxy) is 1. The zero-order chi connectivity index (χ0) is 13.1. The summed E-state index contributed by atoms with van der Waals surface area (Å²) in [6, 6.07) is 8.79. The van der Waals surface area contributed by atoms with Gasteiger partial charge in [-0.3, -0.25) is 0 Å². The van der Waals surface area contributed by atoms with Crippen LogP contribution in [0.25, 0.3) is 0 Å². The second kappa shape index (κ2) is 5.79. The molecule has 0 aromatic heterocycles. The molecule has 2 heteroatoms. The lowest BCUT2D eigenvalue weighted by Crippen LogP contribution is -2.42. The number of nitrogens with one attached hydrogen (secondary N) is 1. The van der Waals surface area contributed by atoms with Gasteiger partial charge in [-0.15, -0.1) is 0 Å². The molecule has 1 aromatic rings. The fourth-order valence-electron chi connectivity index (χ4n) is 3.33. The first-order valence-corrected chi connectivity index (χ1v) is 7.49. The number of benzene rings is 1. The Bertz CT molecular complexity index is 441. The minimum absolute atomic E-state index is 0.256. The van der Waals surface area contributed by atoms with Gasteiger partial charge in [0.2, 0.25) is 0 Å². The van der Waals surface area contributed by atoms with Gasteiger partial charge in [-0.05, 0) is 44.4 Å². The number of allylic oxidation sites excluding steroid dienone is 1. The van der Waals surface area contributed by atoms with Crippen molar-refractivity contribution in [3.8, 4) is 5.75 Å². The summed E-state index contributed by atoms with van der Waals surface area (Å²) in [5.41, 5.74) is 2.90. The minimum Gasteiger partial charge on any atom is -0.488 e. The third kappa shape index (κ3) is 2.69. The number of para-hydroxylation sites is 1. The van der Waals surface area contributed by atoms with E-state index in [9.17, 15) is 0 Å². The van der Waals surface area contributed by atoms with Crippen molar-refractivity contribution in [2.24, 2.45) is 0 Å². The molecule has 19 heavy (non-hydrogen) atoms. The maximum atomic E-state index is 6.15. The standard InChI is InChI=1S/C17H23NO/c1-18-17(13-8-4-2-3-5-9-13)16-12-14-10-6-7-11-15(14)19-16/h6-8,10-11,16-18H,2-5,9,12H2,1H3. The van der Waals surface area contributed by atoms with Gasteiger partial charge in [-0.25, -0.2) is 0 Å². The zero-order valence-electron chi connectivity index (χ0n) is 11.7. The molecule has 2 nitrogen and oxygen atoms in total. The van der Waals surface area contributed by atoms with E-state index in [2.05, 4.69) is 42.7 Å². The van der Waals surface area contributed by atoms with E-state index in [0.717, 1.165) is 12.2 Å². The predicted molar refractivity (Wildman–Crippen MR) is 78.6 cm³/mol. The first-order chi connectivity index (χ1) is 9.38. The van der Waals surface area contributed by atoms with E-state index in [0.29, 0.717) is 6.04 Å². The monoisotopic (exact) mass is 257 g/mol. The SMILES string of the molecule is CNC(C1=CCCCCC1)C1Cc2ccccc2O1. The molecule has 2 atom stereocenters. The van der Waals surface area contributed by atoms with E-state index in [4.69, 9.17) is 4.74 Å². The summed E-state index contributed by atoms with van der Waals surface area (Å²) in [4.78, 5) is 0. The van der Waals surface area contributed by atoms with E-state index in [-0.39, 0.29) is 6.10 Å². The van der Waals surface area contributed by atoms with Crippen LogP contribution in [-0.4, -0.2) is 19.2 Å². The van der Waals surface area contributed by atoms with Crippen molar-refractivity contribution < 1.29 is 4.74 Å². The molecule has 102 valence electrons. The highest BCUT2D eigenvalue weighted by atomic mass is 16.5. The molecule has 1 aromatic carbocycles. The van der Waals surface area contributed by atoms with Crippen LogP contribution in [0.3, 0.4) is 0 Å². The van der Waals surface area contributed by atoms with Crippen molar-refractivity contribution in [2.45, 2.75) is 50.7 Å². The fraction of sp³-hybridized carbons (Fsp3) is 0.529. The van der Waals surface area contributed by atoms with Crippen LogP contribution in [0.15, 0.2) is 35.9 Å². The largest absolute Gasteiger partial charge is 0.488 e. The van der Waals surface area contributed by atoms with Crippen molar-refractivity contribution in [1.29, 1.82) is 0 Å². The van der Waals surface area contributed by atoms with Crippen LogP contribution in [0.1, 0.15) is 37.7 Å². The fourth-order valence-corrected chi connectivity index (χ4v) is 3.33. The van der Waals surface area contributed by atoms with Crippen molar-refractivity contribution in [3.63, 3.8) is 0 Å². The van der Waals surface area contributed by atoms with Gasteiger partial charge in [0, 0.05) is 6.42 Å². The molecule has 1 heterocycles. The molecular weight excluding hydrogens is 234 g/mol. The highest BCUT2D eigenvalue weighted by Gasteiger charge is 2.31. The van der Waals surface area contributed by atoms with Gasteiger partial charge in [-0.2, -0.15) is 0 Å². The van der Waals surface area contributed by atoms with Gasteiger partial charge in [0.1, 0.15) is 11.9 Å². The Morgan fingerprint density at radius 3 is 2.95 bits per heavy atom. The first-order valence-electron chi connectivity index (χ1n) is 7.49. The van der Waals surface area contributed by atoms with E-state index in [1.807, 2.05) is 0 Å². The van der Waals surface area contributed by atoms with E-state index < -0.39 is 0 Å². The Hall–Kier alpha value is -1.28. The van der Waals surface area contributed by atoms with E-state index >= 15 is 0 Å². The molecule has 0 bridgehead atoms. The molecule has 2 unspecified atom stereocenters. The molecule has 1 N–H and O–H groups in total. The van der Waals surface area contributed by atoms with Crippen LogP contribution >= 0.6 is 0 Å². The molecule has 1 aliphatic heterocycles. The normalized spacial score (nSPS) is 24.1. The van der Waals surface area contributed by atoms with Gasteiger partial charge in [-0.1, -0.05) is 36.3 Å². The van der Waals surface area contributed by atoms with Crippen LogP contribution in [0.4, 0.5) is 0 Å². The van der Waals surface area contributed by atoms with Crippen molar-refractivity contribution >= 4 is 0 Å². The average molecular weight is 257 g/mol. The molecule has 3 rings (SSSR count). The molecule has 0 radical (unpaired) electrons. The molecule has 0 saturated carbocycles. The Morgan fingerprint density at radius 2 is 2.11 bits per heavy atom. The summed E-state index contributed by atoms with van der Waals surface area (Å²) in [6.07, 6.45) is 10.2. The molecule has 0 amide bonds. The highest BCUT2D eigenvalue weighted by Crippen LogP contribution is 2.32. The van der Waals surface area contributed by atoms with E-state index in [1.54, 1.807) is 5.57 Å². The van der Waals surface area contributed by atoms with Gasteiger partial charge < -0.3 is 10.1 Å². The molecule has 2 aliphatic rings. The predicted octanol–water partition coefficient (Wildman–Crippen LogP) is 3.47. The summed E-state index contributed by atoms with van der Waals surface area (Å²) >= 11 is 0. The topological polar surface area (TPSA) is 21.3 Å². The summed E-state index contributed by atoms with van der Waals surface area (Å²) in [5.74, 6) is 1.07. The Morgan fingerprint density at radius 1 is 1.21 bits per heavy atom. The Balaban J connectivity index is 1.75. The lowest BCUT2D eigenvalue weighted by molar-refractivity contribution is 0.196. The number of likely N-dealkylation sites (N-methyl/N-ethyl adjacent to an activating group) is 1. The van der Waals surface area contributed by atoms with Crippen LogP contribution in [0.5, 0.6) is 5.75 Å². The summed E-state index contributed by atoms with van der Waals surface area (Å²) < 4.78 is 6.15. The lowest BCUT2D eigenvalue weighted by Gasteiger charge is -2.25. The zero-order valence-corrected chi connectivity index (χ0v) is 11.7. The van der Waals surface area contributed by atoms with Gasteiger partial charge in [0.05, 0.1) is 6.04 Å². The number of rotatable bonds is 3. The molecule has 0 spiro atoms. The van der Waals surface area contributed by atoms with Crippen LogP contribution in [-0.2, 0) is 6.42 Å². The number of hydrogen-bond donors (Lipinski definition) is 1. The van der Waals surface area contributed by atoms with Crippen LogP contribution < -0.4 is 10.1 Å². The second-order valence-corrected chi connectivity index (χ2v) is 5.61. The smallest absolute Gasteiger partial charge is 0.123 e. The van der Waals surface area contributed by atoms with E-state index in [1.165, 1.54) is 37.7 Å². The lowest BCUT2D eigenvalue weighted by atomic mass is 9.94. The second-order valence-electron chi connectivity index (χ2n) is 5.61. The quantitative estimate of drug-likeness (QED) is 0.837. The number of fused-ring (bicyclic) bond motifs is 1. The first kappa shape index (κ1) is 12.7. The van der Waals surface area contributed by atoms with Gasteiger partial charge in [0.15, 0.2) is 0 Å². The van der Waals surface area contributed by atoms with Crippen LogP contribution in [0, 0.1) is 0 Å². The van der Waals surface area contributed by atoms with Crippen molar-refractivity contribution in [2.75, 3.05) is 7.05 Å². The summed E-state index contributed by atoms with van der Waals surface area (Å²) in [5, 5.41) is 3.48. The van der Waals surface area contributed by atoms with Crippen LogP contribution in [0.2, 0.25) is 0 Å². The molecule has 1 aliphatic carbocycles. The Kier molecular flexibility index (Phi) is 3.88. The maximum Gasteiger partial charge on any atom is 0.123 e. The molecule has 0 saturated heterocycles. The highest BCUT2D eigenvalue weighted by molar-refractivity contribution is 5.38.